The topological polar surface area (TPSA) is 76.9 Å². The Hall–Kier alpha value is -4.43. The summed E-state index contributed by atoms with van der Waals surface area (Å²) in [6.07, 6.45) is 3.19. The van der Waals surface area contributed by atoms with Crippen LogP contribution >= 0.6 is 0 Å². The first kappa shape index (κ1) is 21.8. The molecule has 0 aliphatic rings. The number of nitriles is 1. The zero-order valence-electron chi connectivity index (χ0n) is 18.0. The van der Waals surface area contributed by atoms with Crippen molar-refractivity contribution in [1.29, 1.82) is 5.26 Å². The van der Waals surface area contributed by atoms with Crippen molar-refractivity contribution >= 4 is 34.1 Å². The molecule has 0 radical (unpaired) electrons. The van der Waals surface area contributed by atoms with Crippen LogP contribution < -0.4 is 0 Å². The second-order valence-corrected chi connectivity index (χ2v) is 7.55. The van der Waals surface area contributed by atoms with Crippen LogP contribution in [0, 0.1) is 17.1 Å². The normalized spacial score (nSPS) is 12.0. The zero-order chi connectivity index (χ0) is 23.4. The van der Waals surface area contributed by atoms with Gasteiger partial charge in [0.2, 0.25) is 0 Å². The number of H-pyrrole nitrogens is 1. The number of aromatic nitrogens is 1. The van der Waals surface area contributed by atoms with Gasteiger partial charge in [-0.2, -0.15) is 5.26 Å². The lowest BCUT2D eigenvalue weighted by molar-refractivity contribution is -0.131. The lowest BCUT2D eigenvalue weighted by Crippen LogP contribution is -1.99. The van der Waals surface area contributed by atoms with E-state index < -0.39 is 11.8 Å². The molecule has 0 amide bonds. The summed E-state index contributed by atoms with van der Waals surface area (Å²) in [4.78, 5) is 14.3. The molecule has 0 atom stereocenters. The summed E-state index contributed by atoms with van der Waals surface area (Å²) in [6, 6.07) is 24.1. The zero-order valence-corrected chi connectivity index (χ0v) is 18.0. The number of halogens is 1. The molecule has 1 aromatic heterocycles. The number of aromatic amines is 1. The summed E-state index contributed by atoms with van der Waals surface area (Å²) in [5.41, 5.74) is 5.73. The molecular formula is C28H21FN2O2. The second-order valence-electron chi connectivity index (χ2n) is 7.55. The minimum absolute atomic E-state index is 0.0176. The van der Waals surface area contributed by atoms with Gasteiger partial charge in [0.25, 0.3) is 0 Å². The van der Waals surface area contributed by atoms with Gasteiger partial charge in [-0.25, -0.2) is 9.18 Å². The first-order valence-corrected chi connectivity index (χ1v) is 10.5. The van der Waals surface area contributed by atoms with Crippen molar-refractivity contribution in [2.24, 2.45) is 0 Å². The van der Waals surface area contributed by atoms with Crippen LogP contribution in [0.1, 0.15) is 41.3 Å². The van der Waals surface area contributed by atoms with Crippen molar-refractivity contribution in [1.82, 2.24) is 4.98 Å². The molecule has 2 N–H and O–H groups in total. The van der Waals surface area contributed by atoms with Crippen molar-refractivity contribution in [3.8, 4) is 6.07 Å². The number of aliphatic carboxylic acids is 1. The Morgan fingerprint density at radius 1 is 1.09 bits per heavy atom. The van der Waals surface area contributed by atoms with Crippen LogP contribution in [0.25, 0.3) is 28.1 Å². The average molecular weight is 436 g/mol. The lowest BCUT2D eigenvalue weighted by Gasteiger charge is -2.16. The number of carboxylic acid groups (broad SMARTS) is 1. The highest BCUT2D eigenvalue weighted by atomic mass is 19.1. The van der Waals surface area contributed by atoms with Gasteiger partial charge in [0.05, 0.1) is 5.56 Å². The van der Waals surface area contributed by atoms with E-state index in [4.69, 9.17) is 5.11 Å². The molecule has 0 aliphatic carbocycles. The molecule has 0 bridgehead atoms. The monoisotopic (exact) mass is 436 g/mol. The van der Waals surface area contributed by atoms with E-state index in [-0.39, 0.29) is 5.56 Å². The number of fused-ring (bicyclic) bond motifs is 1. The van der Waals surface area contributed by atoms with Crippen LogP contribution in [-0.4, -0.2) is 16.1 Å². The summed E-state index contributed by atoms with van der Waals surface area (Å²) in [6.45, 7) is 1.98. The first-order chi connectivity index (χ1) is 16.0. The van der Waals surface area contributed by atoms with E-state index in [2.05, 4.69) is 4.98 Å². The Morgan fingerprint density at radius 3 is 2.52 bits per heavy atom. The lowest BCUT2D eigenvalue weighted by atomic mass is 9.88. The molecule has 3 aromatic carbocycles. The summed E-state index contributed by atoms with van der Waals surface area (Å²) in [5, 5.41) is 19.6. The molecule has 4 aromatic rings. The van der Waals surface area contributed by atoms with Crippen LogP contribution in [0.15, 0.2) is 78.9 Å². The Bertz CT molecular complexity index is 1400. The van der Waals surface area contributed by atoms with Gasteiger partial charge in [-0.1, -0.05) is 61.5 Å². The van der Waals surface area contributed by atoms with E-state index >= 15 is 0 Å². The molecule has 5 heteroatoms. The van der Waals surface area contributed by atoms with Crippen molar-refractivity contribution in [3.05, 3.63) is 113 Å². The minimum atomic E-state index is -1.01. The Kier molecular flexibility index (Phi) is 6.19. The maximum absolute atomic E-state index is 14.5. The fraction of sp³-hybridized carbons (Fsp3) is 0.0714. The number of nitrogens with zero attached hydrogens (tertiary/aromatic N) is 1. The molecule has 162 valence electrons. The van der Waals surface area contributed by atoms with Crippen LogP contribution in [-0.2, 0) is 4.79 Å². The van der Waals surface area contributed by atoms with Crippen LogP contribution in [0.3, 0.4) is 0 Å². The van der Waals surface area contributed by atoms with E-state index in [0.717, 1.165) is 44.9 Å². The van der Waals surface area contributed by atoms with E-state index in [0.29, 0.717) is 12.0 Å². The van der Waals surface area contributed by atoms with E-state index in [1.54, 1.807) is 12.1 Å². The van der Waals surface area contributed by atoms with Gasteiger partial charge in [0.15, 0.2) is 0 Å². The number of benzene rings is 3. The SMILES string of the molecule is CC/C(=C(/c1ccc(/C=C/C(=O)O)cc1)c1cc2ccccc2[nH]1)c1cccc(F)c1C#N. The van der Waals surface area contributed by atoms with Crippen LogP contribution in [0.4, 0.5) is 4.39 Å². The largest absolute Gasteiger partial charge is 0.478 e. The molecule has 0 spiro atoms. The summed E-state index contributed by atoms with van der Waals surface area (Å²) < 4.78 is 14.5. The summed E-state index contributed by atoms with van der Waals surface area (Å²) in [5.74, 6) is -1.56. The number of allylic oxidation sites excluding steroid dienone is 1. The highest BCUT2D eigenvalue weighted by molar-refractivity contribution is 6.01. The van der Waals surface area contributed by atoms with Crippen molar-refractivity contribution in [2.45, 2.75) is 13.3 Å². The number of carbonyl (C=O) groups is 1. The molecule has 33 heavy (non-hydrogen) atoms. The number of hydrogen-bond donors (Lipinski definition) is 2. The number of rotatable bonds is 6. The third-order valence-electron chi connectivity index (χ3n) is 5.52. The van der Waals surface area contributed by atoms with Crippen molar-refractivity contribution < 1.29 is 14.3 Å². The minimum Gasteiger partial charge on any atom is -0.478 e. The maximum atomic E-state index is 14.5. The fourth-order valence-electron chi connectivity index (χ4n) is 4.02. The number of hydrogen-bond acceptors (Lipinski definition) is 2. The van der Waals surface area contributed by atoms with E-state index in [1.807, 2.05) is 67.6 Å². The highest BCUT2D eigenvalue weighted by Gasteiger charge is 2.19. The molecular weight excluding hydrogens is 415 g/mol. The molecule has 0 fully saturated rings. The van der Waals surface area contributed by atoms with Gasteiger partial charge >= 0.3 is 5.97 Å². The summed E-state index contributed by atoms with van der Waals surface area (Å²) >= 11 is 0. The number of nitrogens with one attached hydrogen (secondary N) is 1. The van der Waals surface area contributed by atoms with Crippen molar-refractivity contribution in [3.63, 3.8) is 0 Å². The fourth-order valence-corrected chi connectivity index (χ4v) is 4.02. The second kappa shape index (κ2) is 9.37. The van der Waals surface area contributed by atoms with Gasteiger partial charge in [0, 0.05) is 28.2 Å². The van der Waals surface area contributed by atoms with Gasteiger partial charge in [-0.3, -0.25) is 0 Å². The van der Waals surface area contributed by atoms with Gasteiger partial charge in [-0.15, -0.1) is 0 Å². The predicted molar refractivity (Wildman–Crippen MR) is 129 cm³/mol. The standard InChI is InChI=1S/C28H21FN2O2/c1-2-21(22-7-5-8-24(29)23(22)17-30)28(26-16-20-6-3-4-9-25(20)31-26)19-13-10-18(11-14-19)12-15-27(32)33/h3-16,31H,2H2,1H3,(H,32,33)/b15-12+,28-21+. The van der Waals surface area contributed by atoms with E-state index in [9.17, 15) is 14.4 Å². The predicted octanol–water partition coefficient (Wildman–Crippen LogP) is 6.65. The van der Waals surface area contributed by atoms with Crippen molar-refractivity contribution in [2.75, 3.05) is 0 Å². The summed E-state index contributed by atoms with van der Waals surface area (Å²) in [7, 11) is 0. The van der Waals surface area contributed by atoms with Crippen LogP contribution in [0.5, 0.6) is 0 Å². The third-order valence-corrected chi connectivity index (χ3v) is 5.52. The molecule has 1 heterocycles. The Balaban J connectivity index is 1.98. The molecule has 0 aliphatic heterocycles. The van der Waals surface area contributed by atoms with Gasteiger partial charge < -0.3 is 10.1 Å². The average Bonchev–Trinajstić information content (AvgIpc) is 3.25. The van der Waals surface area contributed by atoms with Gasteiger partial charge in [-0.05, 0) is 53.0 Å². The molecule has 4 nitrogen and oxygen atoms in total. The Labute approximate surface area is 190 Å². The molecule has 0 saturated carbocycles. The first-order valence-electron chi connectivity index (χ1n) is 10.5. The molecule has 4 rings (SSSR count). The number of carboxylic acids is 1. The maximum Gasteiger partial charge on any atom is 0.328 e. The smallest absolute Gasteiger partial charge is 0.328 e. The van der Waals surface area contributed by atoms with Crippen LogP contribution in [0.2, 0.25) is 0 Å². The quantitative estimate of drug-likeness (QED) is 0.263. The molecule has 0 unspecified atom stereocenters. The highest BCUT2D eigenvalue weighted by Crippen LogP contribution is 2.37. The van der Waals surface area contributed by atoms with E-state index in [1.165, 1.54) is 12.1 Å². The molecule has 0 saturated heterocycles. The Morgan fingerprint density at radius 2 is 1.85 bits per heavy atom. The van der Waals surface area contributed by atoms with Gasteiger partial charge in [0.1, 0.15) is 11.9 Å². The third kappa shape index (κ3) is 4.46. The number of para-hydroxylation sites is 1.